The topological polar surface area (TPSA) is 76.1 Å². The van der Waals surface area contributed by atoms with Crippen molar-refractivity contribution in [3.8, 4) is 17.1 Å². The molecule has 0 saturated heterocycles. The summed E-state index contributed by atoms with van der Waals surface area (Å²) in [5.74, 6) is 0.453. The van der Waals surface area contributed by atoms with Gasteiger partial charge in [-0.25, -0.2) is 4.79 Å². The summed E-state index contributed by atoms with van der Waals surface area (Å²) in [6.07, 6.45) is 5.83. The Morgan fingerprint density at radius 3 is 2.56 bits per heavy atom. The van der Waals surface area contributed by atoms with Gasteiger partial charge in [0.2, 0.25) is 5.88 Å². The van der Waals surface area contributed by atoms with Gasteiger partial charge in [0, 0.05) is 17.7 Å². The summed E-state index contributed by atoms with van der Waals surface area (Å²) < 4.78 is 5.52. The Bertz CT molecular complexity index is 655. The molecule has 0 unspecified atom stereocenters. The van der Waals surface area contributed by atoms with Gasteiger partial charge in [-0.05, 0) is 18.9 Å². The van der Waals surface area contributed by atoms with Crippen molar-refractivity contribution >= 4 is 6.03 Å². The van der Waals surface area contributed by atoms with E-state index >= 15 is 0 Å². The second-order valence-corrected chi connectivity index (χ2v) is 6.21. The highest BCUT2D eigenvalue weighted by molar-refractivity contribution is 5.74. The van der Waals surface area contributed by atoms with E-state index in [0.29, 0.717) is 25.1 Å². The molecule has 1 aromatic carbocycles. The molecular formula is C19H24N4O2. The summed E-state index contributed by atoms with van der Waals surface area (Å²) in [5, 5.41) is 14.1. The molecule has 1 heterocycles. The van der Waals surface area contributed by atoms with Gasteiger partial charge >= 0.3 is 6.03 Å². The summed E-state index contributed by atoms with van der Waals surface area (Å²) in [5.41, 5.74) is 1.82. The third-order valence-corrected chi connectivity index (χ3v) is 4.29. The second kappa shape index (κ2) is 9.01. The first-order valence-electron chi connectivity index (χ1n) is 8.87. The van der Waals surface area contributed by atoms with E-state index in [2.05, 4.69) is 20.8 Å². The molecule has 0 radical (unpaired) electrons. The molecular weight excluding hydrogens is 316 g/mol. The molecule has 2 amide bonds. The third-order valence-electron chi connectivity index (χ3n) is 4.29. The Hall–Kier alpha value is -2.63. The summed E-state index contributed by atoms with van der Waals surface area (Å²) >= 11 is 0. The Labute approximate surface area is 148 Å². The number of urea groups is 1. The van der Waals surface area contributed by atoms with Crippen LogP contribution in [0.15, 0.2) is 42.5 Å². The van der Waals surface area contributed by atoms with Crippen LogP contribution in [0.25, 0.3) is 11.3 Å². The number of carbonyl (C=O) groups excluding carboxylic acids is 1. The number of hydrogen-bond acceptors (Lipinski definition) is 4. The van der Waals surface area contributed by atoms with Crippen LogP contribution in [0.4, 0.5) is 4.79 Å². The number of ether oxygens (including phenoxy) is 1. The predicted octanol–water partition coefficient (Wildman–Crippen LogP) is 3.15. The molecule has 0 aliphatic heterocycles. The lowest BCUT2D eigenvalue weighted by molar-refractivity contribution is 0.228. The summed E-state index contributed by atoms with van der Waals surface area (Å²) in [6.45, 7) is 0.790. The van der Waals surface area contributed by atoms with Gasteiger partial charge in [0.15, 0.2) is 0 Å². The fraction of sp³-hybridized carbons (Fsp3) is 0.421. The maximum Gasteiger partial charge on any atom is 0.315 e. The molecule has 6 heteroatoms. The van der Waals surface area contributed by atoms with Crippen LogP contribution in [0.2, 0.25) is 0 Å². The van der Waals surface area contributed by atoms with E-state index in [0.717, 1.165) is 24.1 Å². The number of carbonyl (C=O) groups is 1. The average Bonchev–Trinajstić information content (AvgIpc) is 2.67. The van der Waals surface area contributed by atoms with E-state index in [9.17, 15) is 4.79 Å². The minimum Gasteiger partial charge on any atom is -0.475 e. The van der Waals surface area contributed by atoms with Crippen molar-refractivity contribution in [1.82, 2.24) is 20.8 Å². The zero-order valence-corrected chi connectivity index (χ0v) is 14.3. The monoisotopic (exact) mass is 340 g/mol. The van der Waals surface area contributed by atoms with E-state index in [1.807, 2.05) is 36.4 Å². The normalized spacial score (nSPS) is 14.7. The number of benzene rings is 1. The lowest BCUT2D eigenvalue weighted by Crippen LogP contribution is -2.44. The molecule has 2 aromatic rings. The van der Waals surface area contributed by atoms with Crippen molar-refractivity contribution < 1.29 is 9.53 Å². The van der Waals surface area contributed by atoms with Crippen molar-refractivity contribution in [2.75, 3.05) is 13.2 Å². The minimum absolute atomic E-state index is 0.124. The van der Waals surface area contributed by atoms with Crippen molar-refractivity contribution in [3.05, 3.63) is 42.5 Å². The molecule has 1 aromatic heterocycles. The van der Waals surface area contributed by atoms with Gasteiger partial charge in [0.05, 0.1) is 12.2 Å². The van der Waals surface area contributed by atoms with Gasteiger partial charge in [0.25, 0.3) is 0 Å². The van der Waals surface area contributed by atoms with E-state index in [1.54, 1.807) is 6.07 Å². The first-order valence-corrected chi connectivity index (χ1v) is 8.87. The zero-order valence-electron chi connectivity index (χ0n) is 14.3. The van der Waals surface area contributed by atoms with Gasteiger partial charge in [-0.3, -0.25) is 0 Å². The Balaban J connectivity index is 1.36. The number of nitrogens with one attached hydrogen (secondary N) is 2. The third kappa shape index (κ3) is 5.45. The van der Waals surface area contributed by atoms with Crippen molar-refractivity contribution in [2.24, 2.45) is 0 Å². The molecule has 132 valence electrons. The maximum absolute atomic E-state index is 11.8. The van der Waals surface area contributed by atoms with Gasteiger partial charge in [-0.1, -0.05) is 49.6 Å². The molecule has 0 bridgehead atoms. The van der Waals surface area contributed by atoms with E-state index < -0.39 is 0 Å². The standard InChI is InChI=1S/C19H24N4O2/c24-19(21-16-9-5-2-6-10-16)20-13-14-25-18-12-11-17(22-23-18)15-7-3-1-4-8-15/h1,3-4,7-8,11-12,16H,2,5-6,9-10,13-14H2,(H2,20,21,24). The van der Waals surface area contributed by atoms with Gasteiger partial charge < -0.3 is 15.4 Å². The van der Waals surface area contributed by atoms with Crippen LogP contribution in [-0.4, -0.2) is 35.4 Å². The molecule has 1 aliphatic carbocycles. The molecule has 1 fully saturated rings. The molecule has 25 heavy (non-hydrogen) atoms. The Morgan fingerprint density at radius 1 is 1.04 bits per heavy atom. The Kier molecular flexibility index (Phi) is 6.20. The molecule has 6 nitrogen and oxygen atoms in total. The first kappa shape index (κ1) is 17.2. The van der Waals surface area contributed by atoms with Crippen LogP contribution in [0.1, 0.15) is 32.1 Å². The van der Waals surface area contributed by atoms with Crippen LogP contribution >= 0.6 is 0 Å². The average molecular weight is 340 g/mol. The predicted molar refractivity (Wildman–Crippen MR) is 96.4 cm³/mol. The SMILES string of the molecule is O=C(NCCOc1ccc(-c2ccccc2)nn1)NC1CCCCC1. The molecule has 0 spiro atoms. The van der Waals surface area contributed by atoms with Crippen molar-refractivity contribution in [2.45, 2.75) is 38.1 Å². The smallest absolute Gasteiger partial charge is 0.315 e. The number of aromatic nitrogens is 2. The lowest BCUT2D eigenvalue weighted by Gasteiger charge is -2.22. The lowest BCUT2D eigenvalue weighted by atomic mass is 9.96. The highest BCUT2D eigenvalue weighted by Gasteiger charge is 2.15. The fourth-order valence-corrected chi connectivity index (χ4v) is 2.96. The van der Waals surface area contributed by atoms with Gasteiger partial charge in [-0.2, -0.15) is 0 Å². The highest BCUT2D eigenvalue weighted by atomic mass is 16.5. The van der Waals surface area contributed by atoms with Gasteiger partial charge in [0.1, 0.15) is 6.61 Å². The molecule has 3 rings (SSSR count). The Morgan fingerprint density at radius 2 is 1.84 bits per heavy atom. The zero-order chi connectivity index (χ0) is 17.3. The quantitative estimate of drug-likeness (QED) is 0.792. The van der Waals surface area contributed by atoms with E-state index in [4.69, 9.17) is 4.74 Å². The molecule has 1 saturated carbocycles. The fourth-order valence-electron chi connectivity index (χ4n) is 2.96. The highest BCUT2D eigenvalue weighted by Crippen LogP contribution is 2.17. The van der Waals surface area contributed by atoms with Crippen LogP contribution in [-0.2, 0) is 0 Å². The van der Waals surface area contributed by atoms with Crippen molar-refractivity contribution in [1.29, 1.82) is 0 Å². The van der Waals surface area contributed by atoms with Crippen LogP contribution < -0.4 is 15.4 Å². The number of amides is 2. The molecule has 0 atom stereocenters. The molecule has 1 aliphatic rings. The van der Waals surface area contributed by atoms with Crippen LogP contribution in [0, 0.1) is 0 Å². The number of rotatable bonds is 6. The number of hydrogen-bond donors (Lipinski definition) is 2. The summed E-state index contributed by atoms with van der Waals surface area (Å²) in [6, 6.07) is 13.7. The van der Waals surface area contributed by atoms with E-state index in [1.165, 1.54) is 19.3 Å². The van der Waals surface area contributed by atoms with Crippen molar-refractivity contribution in [3.63, 3.8) is 0 Å². The van der Waals surface area contributed by atoms with Crippen LogP contribution in [0.3, 0.4) is 0 Å². The summed E-state index contributed by atoms with van der Waals surface area (Å²) in [7, 11) is 0. The van der Waals surface area contributed by atoms with E-state index in [-0.39, 0.29) is 6.03 Å². The van der Waals surface area contributed by atoms with Crippen LogP contribution in [0.5, 0.6) is 5.88 Å². The second-order valence-electron chi connectivity index (χ2n) is 6.21. The largest absolute Gasteiger partial charge is 0.475 e. The van der Waals surface area contributed by atoms with Gasteiger partial charge in [-0.15, -0.1) is 10.2 Å². The first-order chi connectivity index (χ1) is 12.3. The number of nitrogens with zero attached hydrogens (tertiary/aromatic N) is 2. The molecule has 2 N–H and O–H groups in total. The summed E-state index contributed by atoms with van der Waals surface area (Å²) in [4.78, 5) is 11.8. The minimum atomic E-state index is -0.124. The maximum atomic E-state index is 11.8.